The van der Waals surface area contributed by atoms with Gasteiger partial charge in [-0.2, -0.15) is 0 Å². The van der Waals surface area contributed by atoms with Gasteiger partial charge in [-0.25, -0.2) is 9.13 Å². The van der Waals surface area contributed by atoms with Gasteiger partial charge in [0.1, 0.15) is 19.3 Å². The molecule has 0 aromatic carbocycles. The number of esters is 4. The van der Waals surface area contributed by atoms with Crippen LogP contribution in [0.25, 0.3) is 0 Å². The van der Waals surface area contributed by atoms with Crippen molar-refractivity contribution in [2.75, 3.05) is 39.6 Å². The molecule has 0 heterocycles. The van der Waals surface area contributed by atoms with Crippen LogP contribution in [0.1, 0.15) is 376 Å². The molecule has 94 heavy (non-hydrogen) atoms. The summed E-state index contributed by atoms with van der Waals surface area (Å²) in [6, 6.07) is 0. The van der Waals surface area contributed by atoms with E-state index in [1.54, 1.807) is 0 Å². The molecule has 0 aliphatic rings. The number of carbonyl (C=O) groups excluding carboxylic acids is 4. The van der Waals surface area contributed by atoms with Gasteiger partial charge >= 0.3 is 39.5 Å². The van der Waals surface area contributed by atoms with Crippen molar-refractivity contribution < 1.29 is 80.2 Å². The zero-order valence-electron chi connectivity index (χ0n) is 61.6. The van der Waals surface area contributed by atoms with E-state index < -0.39 is 97.5 Å². The average molecular weight is 1380 g/mol. The van der Waals surface area contributed by atoms with E-state index in [9.17, 15) is 43.2 Å². The van der Waals surface area contributed by atoms with Gasteiger partial charge in [-0.1, -0.05) is 325 Å². The molecular formula is C75H146O17P2. The second-order valence-electron chi connectivity index (χ2n) is 28.9. The fraction of sp³-hybridized carbons (Fsp3) is 0.947. The highest BCUT2D eigenvalue weighted by Gasteiger charge is 2.30. The van der Waals surface area contributed by atoms with Crippen LogP contribution < -0.4 is 0 Å². The van der Waals surface area contributed by atoms with Crippen LogP contribution in [0.4, 0.5) is 0 Å². The first-order valence-electron chi connectivity index (χ1n) is 38.7. The Bertz CT molecular complexity index is 1850. The predicted molar refractivity (Wildman–Crippen MR) is 381 cm³/mol. The lowest BCUT2D eigenvalue weighted by molar-refractivity contribution is -0.161. The van der Waals surface area contributed by atoms with Crippen molar-refractivity contribution in [2.24, 2.45) is 23.7 Å². The highest BCUT2D eigenvalue weighted by Crippen LogP contribution is 2.45. The normalized spacial score (nSPS) is 14.2. The Morgan fingerprint density at radius 1 is 0.266 bits per heavy atom. The van der Waals surface area contributed by atoms with Crippen molar-refractivity contribution in [3.63, 3.8) is 0 Å². The largest absolute Gasteiger partial charge is 0.472 e. The molecule has 0 bridgehead atoms. The molecular weight excluding hydrogens is 1230 g/mol. The second-order valence-corrected chi connectivity index (χ2v) is 31.9. The van der Waals surface area contributed by atoms with Crippen LogP contribution in [0.5, 0.6) is 0 Å². The van der Waals surface area contributed by atoms with Crippen molar-refractivity contribution in [3.05, 3.63) is 0 Å². The predicted octanol–water partition coefficient (Wildman–Crippen LogP) is 21.7. The first-order valence-corrected chi connectivity index (χ1v) is 41.7. The summed E-state index contributed by atoms with van der Waals surface area (Å²) in [5.74, 6) is 0.850. The summed E-state index contributed by atoms with van der Waals surface area (Å²) in [5.41, 5.74) is 0. The van der Waals surface area contributed by atoms with Crippen LogP contribution in [0, 0.1) is 23.7 Å². The van der Waals surface area contributed by atoms with Gasteiger partial charge in [0.05, 0.1) is 26.4 Å². The van der Waals surface area contributed by atoms with Gasteiger partial charge in [-0.3, -0.25) is 37.3 Å². The van der Waals surface area contributed by atoms with Gasteiger partial charge < -0.3 is 33.8 Å². The molecule has 3 N–H and O–H groups in total. The third kappa shape index (κ3) is 68.6. The zero-order chi connectivity index (χ0) is 69.6. The third-order valence-corrected chi connectivity index (χ3v) is 19.2. The molecule has 0 spiro atoms. The Hall–Kier alpha value is -1.94. The number of hydrogen-bond donors (Lipinski definition) is 3. The summed E-state index contributed by atoms with van der Waals surface area (Å²) in [5, 5.41) is 10.6. The minimum absolute atomic E-state index is 0.104. The average Bonchev–Trinajstić information content (AvgIpc) is 1.76. The van der Waals surface area contributed by atoms with E-state index >= 15 is 0 Å². The molecule has 0 aromatic rings. The van der Waals surface area contributed by atoms with Gasteiger partial charge in [0.25, 0.3) is 0 Å². The van der Waals surface area contributed by atoms with Crippen LogP contribution in [0.2, 0.25) is 0 Å². The summed E-state index contributed by atoms with van der Waals surface area (Å²) in [6.07, 6.45) is 48.9. The number of ether oxygens (including phenoxy) is 4. The molecule has 0 aliphatic heterocycles. The maximum absolute atomic E-state index is 13.0. The quantitative estimate of drug-likeness (QED) is 0.0222. The summed E-state index contributed by atoms with van der Waals surface area (Å²) < 4.78 is 68.4. The highest BCUT2D eigenvalue weighted by atomic mass is 31.2. The number of phosphoric acid groups is 2. The van der Waals surface area contributed by atoms with E-state index in [-0.39, 0.29) is 25.7 Å². The van der Waals surface area contributed by atoms with Gasteiger partial charge in [0, 0.05) is 25.7 Å². The Kier molecular flexibility index (Phi) is 63.1. The van der Waals surface area contributed by atoms with E-state index in [1.807, 2.05) is 0 Å². The molecule has 0 saturated carbocycles. The standard InChI is InChI=1S/C75H146O17P2/c1-65(2)51-43-35-27-21-17-15-13-11-9-10-12-14-16-18-24-31-41-49-57-74(79)91-71(62-86-73(78)56-48-40-34-33-38-46-54-68(7)8)64-90-94(83,84)88-60-69(76)59-87-93(81,82)89-63-70(92-75(80)58-50-42-32-26-25-29-37-45-53-67(5)6)61-85-72(77)55-47-39-30-23-20-19-22-28-36-44-52-66(3)4/h65-71,76H,9-64H2,1-8H3,(H,81,82)(H,83,84)/t69?,70-,71-/m1/s1. The zero-order valence-corrected chi connectivity index (χ0v) is 63.4. The van der Waals surface area contributed by atoms with Crippen LogP contribution in [-0.2, 0) is 65.4 Å². The molecule has 0 aromatic heterocycles. The molecule has 0 saturated heterocycles. The first kappa shape index (κ1) is 92.1. The van der Waals surface area contributed by atoms with Crippen molar-refractivity contribution in [1.29, 1.82) is 0 Å². The number of aliphatic hydroxyl groups is 1. The van der Waals surface area contributed by atoms with Gasteiger partial charge in [-0.15, -0.1) is 0 Å². The number of phosphoric ester groups is 2. The fourth-order valence-electron chi connectivity index (χ4n) is 11.4. The molecule has 0 aliphatic carbocycles. The Morgan fingerprint density at radius 2 is 0.447 bits per heavy atom. The molecule has 0 fully saturated rings. The van der Waals surface area contributed by atoms with Crippen molar-refractivity contribution in [1.82, 2.24) is 0 Å². The number of unbranched alkanes of at least 4 members (excludes halogenated alkanes) is 38. The molecule has 0 rings (SSSR count). The maximum atomic E-state index is 13.0. The van der Waals surface area contributed by atoms with Crippen molar-refractivity contribution in [2.45, 2.75) is 395 Å². The van der Waals surface area contributed by atoms with E-state index in [1.165, 1.54) is 173 Å². The smallest absolute Gasteiger partial charge is 0.462 e. The lowest BCUT2D eigenvalue weighted by Crippen LogP contribution is -2.30. The minimum Gasteiger partial charge on any atom is -0.462 e. The van der Waals surface area contributed by atoms with Gasteiger partial charge in [0.2, 0.25) is 0 Å². The molecule has 0 radical (unpaired) electrons. The lowest BCUT2D eigenvalue weighted by atomic mass is 10.0. The molecule has 5 atom stereocenters. The lowest BCUT2D eigenvalue weighted by Gasteiger charge is -2.21. The number of aliphatic hydroxyl groups excluding tert-OH is 1. The molecule has 17 nitrogen and oxygen atoms in total. The Balaban J connectivity index is 5.16. The van der Waals surface area contributed by atoms with E-state index in [2.05, 4.69) is 55.4 Å². The SMILES string of the molecule is CC(C)CCCCCCCCCCCCCCCCCCCCC(=O)O[C@H](COC(=O)CCCCCCCCC(C)C)COP(=O)(O)OCC(O)COP(=O)(O)OC[C@@H](COC(=O)CCCCCCCCCCCCC(C)C)OC(=O)CCCCCCCCCCC(C)C. The number of rotatable bonds is 72. The molecule has 19 heteroatoms. The summed E-state index contributed by atoms with van der Waals surface area (Å²) in [6.45, 7) is 14.1. The number of carbonyl (C=O) groups is 4. The van der Waals surface area contributed by atoms with Crippen molar-refractivity contribution in [3.8, 4) is 0 Å². The maximum Gasteiger partial charge on any atom is 0.472 e. The Morgan fingerprint density at radius 3 is 0.660 bits per heavy atom. The van der Waals surface area contributed by atoms with Crippen LogP contribution in [0.15, 0.2) is 0 Å². The monoisotopic (exact) mass is 1380 g/mol. The first-order chi connectivity index (χ1) is 45.1. The summed E-state index contributed by atoms with van der Waals surface area (Å²) in [7, 11) is -9.91. The van der Waals surface area contributed by atoms with Crippen LogP contribution in [0.3, 0.4) is 0 Å². The second kappa shape index (κ2) is 64.4. The van der Waals surface area contributed by atoms with Crippen molar-refractivity contribution >= 4 is 39.5 Å². The Labute approximate surface area is 575 Å². The highest BCUT2D eigenvalue weighted by molar-refractivity contribution is 7.47. The summed E-state index contributed by atoms with van der Waals surface area (Å²) in [4.78, 5) is 72.7. The summed E-state index contributed by atoms with van der Waals surface area (Å²) >= 11 is 0. The third-order valence-electron chi connectivity index (χ3n) is 17.3. The van der Waals surface area contributed by atoms with E-state index in [0.29, 0.717) is 31.6 Å². The van der Waals surface area contributed by atoms with Gasteiger partial charge in [0.15, 0.2) is 12.2 Å². The molecule has 0 amide bonds. The topological polar surface area (TPSA) is 237 Å². The van der Waals surface area contributed by atoms with E-state index in [0.717, 1.165) is 114 Å². The fourth-order valence-corrected chi connectivity index (χ4v) is 13.0. The van der Waals surface area contributed by atoms with Crippen LogP contribution >= 0.6 is 15.6 Å². The van der Waals surface area contributed by atoms with Crippen LogP contribution in [-0.4, -0.2) is 96.7 Å². The minimum atomic E-state index is -4.95. The molecule has 558 valence electrons. The molecule has 3 unspecified atom stereocenters. The number of hydrogen-bond acceptors (Lipinski definition) is 15. The van der Waals surface area contributed by atoms with E-state index in [4.69, 9.17) is 37.0 Å². The van der Waals surface area contributed by atoms with Gasteiger partial charge in [-0.05, 0) is 49.4 Å².